The molecule has 0 aliphatic rings. The molecule has 7 heteroatoms. The van der Waals surface area contributed by atoms with E-state index >= 15 is 0 Å². The summed E-state index contributed by atoms with van der Waals surface area (Å²) in [6, 6.07) is 1.63. The van der Waals surface area contributed by atoms with Gasteiger partial charge in [0.05, 0.1) is 0 Å². The third-order valence-corrected chi connectivity index (χ3v) is 3.56. The molecule has 0 bridgehead atoms. The van der Waals surface area contributed by atoms with Gasteiger partial charge < -0.3 is 4.57 Å². The summed E-state index contributed by atoms with van der Waals surface area (Å²) in [5.74, 6) is 0.690. The van der Waals surface area contributed by atoms with Crippen LogP contribution >= 0.6 is 35.0 Å². The highest BCUT2D eigenvalue weighted by Gasteiger charge is 2.06. The number of aryl methyl sites for hydroxylation is 1. The Morgan fingerprint density at radius 2 is 2.25 bits per heavy atom. The molecule has 84 valence electrons. The lowest BCUT2D eigenvalue weighted by atomic mass is 10.3. The van der Waals surface area contributed by atoms with Gasteiger partial charge in [0.25, 0.3) is 0 Å². The molecular formula is C9H8Cl2N4S. The normalized spacial score (nSPS) is 10.7. The zero-order valence-electron chi connectivity index (χ0n) is 8.39. The Hall–Kier alpha value is -0.780. The number of hydrogen-bond donors (Lipinski definition) is 0. The van der Waals surface area contributed by atoms with Crippen molar-refractivity contribution in [1.29, 1.82) is 0 Å². The van der Waals surface area contributed by atoms with E-state index in [0.29, 0.717) is 15.9 Å². The molecule has 16 heavy (non-hydrogen) atoms. The molecule has 2 rings (SSSR count). The predicted molar refractivity (Wildman–Crippen MR) is 64.8 cm³/mol. The maximum absolute atomic E-state index is 6.03. The van der Waals surface area contributed by atoms with Crippen LogP contribution in [-0.4, -0.2) is 19.7 Å². The van der Waals surface area contributed by atoms with Gasteiger partial charge in [-0.05, 0) is 11.6 Å². The summed E-state index contributed by atoms with van der Waals surface area (Å²) in [5.41, 5.74) is 0.930. The molecule has 0 N–H and O–H groups in total. The molecule has 4 nitrogen and oxygen atoms in total. The lowest BCUT2D eigenvalue weighted by molar-refractivity contribution is 0.788. The smallest absolute Gasteiger partial charge is 0.191 e. The van der Waals surface area contributed by atoms with Crippen LogP contribution in [0.15, 0.2) is 23.7 Å². The second kappa shape index (κ2) is 5.03. The van der Waals surface area contributed by atoms with Crippen LogP contribution in [-0.2, 0) is 12.8 Å². The first-order valence-corrected chi connectivity index (χ1v) is 6.17. The van der Waals surface area contributed by atoms with E-state index < -0.39 is 0 Å². The molecule has 0 amide bonds. The SMILES string of the molecule is Cn1cnnc1SCc1cnc(Cl)cc1Cl. The van der Waals surface area contributed by atoms with E-state index in [-0.39, 0.29) is 0 Å². The van der Waals surface area contributed by atoms with Crippen molar-refractivity contribution in [2.24, 2.45) is 7.05 Å². The van der Waals surface area contributed by atoms with Crippen molar-refractivity contribution in [3.63, 3.8) is 0 Å². The minimum atomic E-state index is 0.400. The molecule has 0 saturated carbocycles. The van der Waals surface area contributed by atoms with E-state index in [1.165, 1.54) is 0 Å². The zero-order valence-corrected chi connectivity index (χ0v) is 10.7. The summed E-state index contributed by atoms with van der Waals surface area (Å²) in [6.45, 7) is 0. The number of aromatic nitrogens is 4. The largest absolute Gasteiger partial charge is 0.312 e. The molecule has 0 aromatic carbocycles. The van der Waals surface area contributed by atoms with Crippen molar-refractivity contribution in [3.8, 4) is 0 Å². The van der Waals surface area contributed by atoms with Gasteiger partial charge in [-0.25, -0.2) is 4.98 Å². The first-order chi connectivity index (χ1) is 7.66. The first-order valence-electron chi connectivity index (χ1n) is 4.43. The average Bonchev–Trinajstić information content (AvgIpc) is 2.63. The van der Waals surface area contributed by atoms with Crippen LogP contribution in [0.1, 0.15) is 5.56 Å². The summed E-state index contributed by atoms with van der Waals surface area (Å²) < 4.78 is 1.85. The van der Waals surface area contributed by atoms with Crippen LogP contribution in [0.4, 0.5) is 0 Å². The van der Waals surface area contributed by atoms with E-state index in [2.05, 4.69) is 15.2 Å². The monoisotopic (exact) mass is 274 g/mol. The molecule has 2 heterocycles. The molecule has 2 aromatic heterocycles. The van der Waals surface area contributed by atoms with Gasteiger partial charge >= 0.3 is 0 Å². The number of pyridine rings is 1. The number of thioether (sulfide) groups is 1. The Balaban J connectivity index is 2.08. The van der Waals surface area contributed by atoms with Gasteiger partial charge in [-0.1, -0.05) is 35.0 Å². The third kappa shape index (κ3) is 2.66. The molecule has 0 atom stereocenters. The molecular weight excluding hydrogens is 267 g/mol. The molecule has 0 aliphatic carbocycles. The van der Waals surface area contributed by atoms with E-state index in [1.807, 2.05) is 11.6 Å². The highest BCUT2D eigenvalue weighted by Crippen LogP contribution is 2.25. The quantitative estimate of drug-likeness (QED) is 0.638. The van der Waals surface area contributed by atoms with Crippen LogP contribution < -0.4 is 0 Å². The molecule has 0 unspecified atom stereocenters. The fraction of sp³-hybridized carbons (Fsp3) is 0.222. The predicted octanol–water partition coefficient (Wildman–Crippen LogP) is 2.81. The average molecular weight is 275 g/mol. The van der Waals surface area contributed by atoms with Gasteiger partial charge in [0.2, 0.25) is 0 Å². The second-order valence-electron chi connectivity index (χ2n) is 3.11. The summed E-state index contributed by atoms with van der Waals surface area (Å²) in [7, 11) is 1.89. The van der Waals surface area contributed by atoms with E-state index in [9.17, 15) is 0 Å². The number of rotatable bonds is 3. The fourth-order valence-electron chi connectivity index (χ4n) is 1.09. The van der Waals surface area contributed by atoms with Gasteiger partial charge in [-0.3, -0.25) is 0 Å². The van der Waals surface area contributed by atoms with Crippen molar-refractivity contribution < 1.29 is 0 Å². The van der Waals surface area contributed by atoms with Gasteiger partial charge in [-0.15, -0.1) is 10.2 Å². The van der Waals surface area contributed by atoms with Gasteiger partial charge in [-0.2, -0.15) is 0 Å². The number of hydrogen-bond acceptors (Lipinski definition) is 4. The topological polar surface area (TPSA) is 43.6 Å². The zero-order chi connectivity index (χ0) is 11.5. The molecule has 0 aliphatic heterocycles. The maximum Gasteiger partial charge on any atom is 0.191 e. The summed E-state index contributed by atoms with van der Waals surface area (Å²) in [5, 5.41) is 9.62. The lowest BCUT2D eigenvalue weighted by Gasteiger charge is -2.03. The van der Waals surface area contributed by atoms with Gasteiger partial charge in [0.15, 0.2) is 5.16 Å². The molecule has 2 aromatic rings. The standard InChI is InChI=1S/C9H8Cl2N4S/c1-15-5-13-14-9(15)16-4-6-3-12-8(11)2-7(6)10/h2-3,5H,4H2,1H3. The number of nitrogens with zero attached hydrogens (tertiary/aromatic N) is 4. The fourth-order valence-corrected chi connectivity index (χ4v) is 2.47. The Labute approximate surface area is 107 Å². The summed E-state index contributed by atoms with van der Waals surface area (Å²) in [4.78, 5) is 3.99. The Bertz CT molecular complexity index is 500. The molecule has 0 spiro atoms. The Morgan fingerprint density at radius 3 is 2.88 bits per heavy atom. The minimum absolute atomic E-state index is 0.400. The third-order valence-electron chi connectivity index (χ3n) is 1.92. The molecule has 0 fully saturated rings. The first kappa shape index (κ1) is 11.7. The highest BCUT2D eigenvalue weighted by atomic mass is 35.5. The summed E-state index contributed by atoms with van der Waals surface area (Å²) >= 11 is 13.3. The minimum Gasteiger partial charge on any atom is -0.312 e. The van der Waals surface area contributed by atoms with Gasteiger partial charge in [0.1, 0.15) is 11.5 Å². The van der Waals surface area contributed by atoms with Crippen molar-refractivity contribution in [3.05, 3.63) is 34.3 Å². The Morgan fingerprint density at radius 1 is 1.44 bits per heavy atom. The lowest BCUT2D eigenvalue weighted by Crippen LogP contribution is -1.91. The van der Waals surface area contributed by atoms with E-state index in [4.69, 9.17) is 23.2 Å². The molecule has 0 radical (unpaired) electrons. The van der Waals surface area contributed by atoms with Crippen LogP contribution in [0.3, 0.4) is 0 Å². The highest BCUT2D eigenvalue weighted by molar-refractivity contribution is 7.98. The second-order valence-corrected chi connectivity index (χ2v) is 4.85. The van der Waals surface area contributed by atoms with Gasteiger partial charge in [0, 0.05) is 24.0 Å². The summed E-state index contributed by atoms with van der Waals surface area (Å²) in [6.07, 6.45) is 3.33. The number of halogens is 2. The Kier molecular flexibility index (Phi) is 3.68. The van der Waals surface area contributed by atoms with Crippen molar-refractivity contribution in [1.82, 2.24) is 19.7 Å². The molecule has 0 saturated heterocycles. The van der Waals surface area contributed by atoms with Crippen LogP contribution in [0.5, 0.6) is 0 Å². The van der Waals surface area contributed by atoms with Crippen molar-refractivity contribution in [2.45, 2.75) is 10.9 Å². The van der Waals surface area contributed by atoms with Crippen LogP contribution in [0, 0.1) is 0 Å². The van der Waals surface area contributed by atoms with Crippen LogP contribution in [0.25, 0.3) is 0 Å². The van der Waals surface area contributed by atoms with E-state index in [0.717, 1.165) is 10.7 Å². The van der Waals surface area contributed by atoms with Crippen molar-refractivity contribution in [2.75, 3.05) is 0 Å². The maximum atomic E-state index is 6.03. The van der Waals surface area contributed by atoms with Crippen molar-refractivity contribution >= 4 is 35.0 Å². The van der Waals surface area contributed by atoms with E-state index in [1.54, 1.807) is 30.4 Å². The van der Waals surface area contributed by atoms with Crippen LogP contribution in [0.2, 0.25) is 10.2 Å².